The second kappa shape index (κ2) is 5.80. The Balaban J connectivity index is 2.38. The van der Waals surface area contributed by atoms with Crippen LogP contribution in [-0.2, 0) is 4.79 Å². The van der Waals surface area contributed by atoms with E-state index in [-0.39, 0.29) is 5.91 Å². The highest BCUT2D eigenvalue weighted by Crippen LogP contribution is 2.23. The van der Waals surface area contributed by atoms with Crippen LogP contribution in [0.4, 0.5) is 5.69 Å². The highest BCUT2D eigenvalue weighted by Gasteiger charge is 2.10. The van der Waals surface area contributed by atoms with E-state index in [1.54, 1.807) is 24.0 Å². The molecule has 1 aromatic carbocycles. The predicted molar refractivity (Wildman–Crippen MR) is 76.2 cm³/mol. The molecule has 4 nitrogen and oxygen atoms in total. The minimum atomic E-state index is 0.0156. The zero-order chi connectivity index (χ0) is 13.8. The van der Waals surface area contributed by atoms with Gasteiger partial charge in [0.25, 0.3) is 0 Å². The van der Waals surface area contributed by atoms with Crippen LogP contribution in [0.5, 0.6) is 0 Å². The first-order chi connectivity index (χ1) is 9.11. The maximum Gasteiger partial charge on any atom is 0.223 e. The molecule has 0 atom stereocenters. The van der Waals surface area contributed by atoms with E-state index in [4.69, 9.17) is 11.6 Å². The molecule has 2 aromatic rings. The molecule has 98 valence electrons. The molecule has 0 aliphatic heterocycles. The highest BCUT2D eigenvalue weighted by atomic mass is 35.5. The van der Waals surface area contributed by atoms with E-state index in [2.05, 4.69) is 10.2 Å². The standard InChI is InChI=1S/C14H14ClN3O/c1-3-18(10(2)19)12-6-4-5-11(9-12)13-7-8-14(15)17-16-13/h4-9H,3H2,1-2H3. The molecule has 0 saturated carbocycles. The molecular formula is C14H14ClN3O. The Kier molecular flexibility index (Phi) is 4.12. The first-order valence-corrected chi connectivity index (χ1v) is 6.37. The highest BCUT2D eigenvalue weighted by molar-refractivity contribution is 6.29. The van der Waals surface area contributed by atoms with Gasteiger partial charge < -0.3 is 4.90 Å². The van der Waals surface area contributed by atoms with Crippen molar-refractivity contribution in [2.24, 2.45) is 0 Å². The minimum Gasteiger partial charge on any atom is -0.313 e. The molecule has 0 unspecified atom stereocenters. The summed E-state index contributed by atoms with van der Waals surface area (Å²) in [7, 11) is 0. The Bertz CT molecular complexity index is 583. The van der Waals surface area contributed by atoms with Crippen LogP contribution in [0.3, 0.4) is 0 Å². The maximum atomic E-state index is 11.5. The lowest BCUT2D eigenvalue weighted by Gasteiger charge is -2.19. The summed E-state index contributed by atoms with van der Waals surface area (Å²) in [6, 6.07) is 11.1. The number of halogens is 1. The van der Waals surface area contributed by atoms with Gasteiger partial charge in [-0.1, -0.05) is 23.7 Å². The van der Waals surface area contributed by atoms with Crippen molar-refractivity contribution in [1.29, 1.82) is 0 Å². The molecule has 0 radical (unpaired) electrons. The number of anilines is 1. The number of amides is 1. The van der Waals surface area contributed by atoms with E-state index in [1.807, 2.05) is 31.2 Å². The molecule has 0 N–H and O–H groups in total. The van der Waals surface area contributed by atoms with Crippen LogP contribution in [0.25, 0.3) is 11.3 Å². The van der Waals surface area contributed by atoms with Crippen LogP contribution in [0, 0.1) is 0 Å². The molecule has 5 heteroatoms. The van der Waals surface area contributed by atoms with Crippen LogP contribution >= 0.6 is 11.6 Å². The van der Waals surface area contributed by atoms with Crippen LogP contribution in [0.1, 0.15) is 13.8 Å². The summed E-state index contributed by atoms with van der Waals surface area (Å²) in [5, 5.41) is 8.21. The van der Waals surface area contributed by atoms with Crippen molar-refractivity contribution in [3.05, 3.63) is 41.6 Å². The maximum absolute atomic E-state index is 11.5. The van der Waals surface area contributed by atoms with Gasteiger partial charge in [-0.25, -0.2) is 0 Å². The fraction of sp³-hybridized carbons (Fsp3) is 0.214. The van der Waals surface area contributed by atoms with E-state index in [0.717, 1.165) is 16.9 Å². The topological polar surface area (TPSA) is 46.1 Å². The number of hydrogen-bond acceptors (Lipinski definition) is 3. The van der Waals surface area contributed by atoms with E-state index in [9.17, 15) is 4.79 Å². The lowest BCUT2D eigenvalue weighted by Crippen LogP contribution is -2.27. The summed E-state index contributed by atoms with van der Waals surface area (Å²) in [6.07, 6.45) is 0. The second-order valence-electron chi connectivity index (χ2n) is 4.05. The zero-order valence-corrected chi connectivity index (χ0v) is 11.6. The first kappa shape index (κ1) is 13.5. The monoisotopic (exact) mass is 275 g/mol. The molecule has 1 aromatic heterocycles. The van der Waals surface area contributed by atoms with Gasteiger partial charge in [0.05, 0.1) is 5.69 Å². The Morgan fingerprint density at radius 1 is 1.26 bits per heavy atom. The van der Waals surface area contributed by atoms with Gasteiger partial charge in [0.2, 0.25) is 5.91 Å². The van der Waals surface area contributed by atoms with Gasteiger partial charge in [-0.15, -0.1) is 10.2 Å². The third-order valence-electron chi connectivity index (χ3n) is 2.78. The molecule has 1 heterocycles. The fourth-order valence-corrected chi connectivity index (χ4v) is 1.99. The van der Waals surface area contributed by atoms with Gasteiger partial charge in [0, 0.05) is 24.7 Å². The average Bonchev–Trinajstić information content (AvgIpc) is 2.40. The van der Waals surface area contributed by atoms with Crippen LogP contribution < -0.4 is 4.90 Å². The van der Waals surface area contributed by atoms with Gasteiger partial charge >= 0.3 is 0 Å². The largest absolute Gasteiger partial charge is 0.313 e. The molecule has 2 rings (SSSR count). The zero-order valence-electron chi connectivity index (χ0n) is 10.8. The van der Waals surface area contributed by atoms with Crippen LogP contribution in [0.2, 0.25) is 5.15 Å². The quantitative estimate of drug-likeness (QED) is 0.864. The van der Waals surface area contributed by atoms with Gasteiger partial charge in [0.1, 0.15) is 0 Å². The molecule has 0 aliphatic carbocycles. The fourth-order valence-electron chi connectivity index (χ4n) is 1.89. The summed E-state index contributed by atoms with van der Waals surface area (Å²) in [5.41, 5.74) is 2.48. The lowest BCUT2D eigenvalue weighted by atomic mass is 10.1. The predicted octanol–water partition coefficient (Wildman–Crippen LogP) is 3.17. The third-order valence-corrected chi connectivity index (χ3v) is 2.98. The second-order valence-corrected chi connectivity index (χ2v) is 4.44. The SMILES string of the molecule is CCN(C(C)=O)c1cccc(-c2ccc(Cl)nn2)c1. The Morgan fingerprint density at radius 3 is 2.63 bits per heavy atom. The number of carbonyl (C=O) groups excluding carboxylic acids is 1. The van der Waals surface area contributed by atoms with E-state index >= 15 is 0 Å². The van der Waals surface area contributed by atoms with Crippen molar-refractivity contribution < 1.29 is 4.79 Å². The summed E-state index contributed by atoms with van der Waals surface area (Å²) in [4.78, 5) is 13.2. The molecular weight excluding hydrogens is 262 g/mol. The van der Waals surface area contributed by atoms with E-state index in [0.29, 0.717) is 11.7 Å². The van der Waals surface area contributed by atoms with E-state index in [1.165, 1.54) is 0 Å². The number of aromatic nitrogens is 2. The summed E-state index contributed by atoms with van der Waals surface area (Å²) < 4.78 is 0. The van der Waals surface area contributed by atoms with E-state index < -0.39 is 0 Å². The Morgan fingerprint density at radius 2 is 2.05 bits per heavy atom. The molecule has 0 fully saturated rings. The smallest absolute Gasteiger partial charge is 0.223 e. The molecule has 0 bridgehead atoms. The van der Waals surface area contributed by atoms with Gasteiger partial charge in [-0.3, -0.25) is 4.79 Å². The van der Waals surface area contributed by atoms with Gasteiger partial charge in [-0.2, -0.15) is 0 Å². The molecule has 0 spiro atoms. The van der Waals surface area contributed by atoms with Gasteiger partial charge in [0.15, 0.2) is 5.15 Å². The number of carbonyl (C=O) groups is 1. The van der Waals surface area contributed by atoms with Crippen molar-refractivity contribution in [2.75, 3.05) is 11.4 Å². The van der Waals surface area contributed by atoms with Crippen molar-refractivity contribution in [1.82, 2.24) is 10.2 Å². The number of nitrogens with zero attached hydrogens (tertiary/aromatic N) is 3. The molecule has 1 amide bonds. The number of rotatable bonds is 3. The third kappa shape index (κ3) is 3.09. The first-order valence-electron chi connectivity index (χ1n) is 5.99. The molecule has 0 saturated heterocycles. The normalized spacial score (nSPS) is 10.3. The number of hydrogen-bond donors (Lipinski definition) is 0. The lowest BCUT2D eigenvalue weighted by molar-refractivity contribution is -0.116. The summed E-state index contributed by atoms with van der Waals surface area (Å²) in [5.74, 6) is 0.0156. The van der Waals surface area contributed by atoms with Crippen molar-refractivity contribution in [2.45, 2.75) is 13.8 Å². The van der Waals surface area contributed by atoms with Crippen molar-refractivity contribution in [3.63, 3.8) is 0 Å². The van der Waals surface area contributed by atoms with Gasteiger partial charge in [-0.05, 0) is 31.2 Å². The van der Waals surface area contributed by atoms with Crippen LogP contribution in [0.15, 0.2) is 36.4 Å². The Hall–Kier alpha value is -1.94. The molecule has 0 aliphatic rings. The molecule has 19 heavy (non-hydrogen) atoms. The van der Waals surface area contributed by atoms with Crippen LogP contribution in [-0.4, -0.2) is 22.6 Å². The minimum absolute atomic E-state index is 0.0156. The summed E-state index contributed by atoms with van der Waals surface area (Å²) in [6.45, 7) is 4.12. The van der Waals surface area contributed by atoms with Crippen molar-refractivity contribution in [3.8, 4) is 11.3 Å². The van der Waals surface area contributed by atoms with Crippen molar-refractivity contribution >= 4 is 23.2 Å². The number of benzene rings is 1. The average molecular weight is 276 g/mol. The Labute approximate surface area is 117 Å². The summed E-state index contributed by atoms with van der Waals surface area (Å²) >= 11 is 5.72.